The molecule has 5 nitrogen and oxygen atoms in total. The molecule has 0 N–H and O–H groups in total. The van der Waals surface area contributed by atoms with E-state index in [1.165, 1.54) is 17.7 Å². The van der Waals surface area contributed by atoms with Crippen LogP contribution in [0.25, 0.3) is 5.69 Å². The van der Waals surface area contributed by atoms with E-state index in [1.807, 2.05) is 44.4 Å². The van der Waals surface area contributed by atoms with Crippen LogP contribution in [0.4, 0.5) is 10.1 Å². The number of halogens is 1. The van der Waals surface area contributed by atoms with Gasteiger partial charge in [-0.3, -0.25) is 9.10 Å². The standard InChI is InChI=1S/C28H27FN2O3S/c1-19-10-13-25(16-20(19)2)31-21(3)17-27(22(31)4)28(32)18-30(24-8-6-5-7-9-24)35(33,34)26-14-11-23(29)12-15-26/h5-17H,18H2,1-4H3. The van der Waals surface area contributed by atoms with Gasteiger partial charge in [0.25, 0.3) is 10.0 Å². The molecule has 0 unspecified atom stereocenters. The minimum absolute atomic E-state index is 0.0869. The van der Waals surface area contributed by atoms with Crippen molar-refractivity contribution in [2.45, 2.75) is 32.6 Å². The topological polar surface area (TPSA) is 59.4 Å². The largest absolute Gasteiger partial charge is 0.318 e. The Balaban J connectivity index is 1.74. The smallest absolute Gasteiger partial charge is 0.264 e. The Morgan fingerprint density at radius 3 is 2.14 bits per heavy atom. The molecule has 0 spiro atoms. The lowest BCUT2D eigenvalue weighted by molar-refractivity contribution is 0.100. The Morgan fingerprint density at radius 2 is 1.51 bits per heavy atom. The molecule has 3 aromatic carbocycles. The van der Waals surface area contributed by atoms with Crippen molar-refractivity contribution >= 4 is 21.5 Å². The first kappa shape index (κ1) is 24.4. The summed E-state index contributed by atoms with van der Waals surface area (Å²) >= 11 is 0. The third kappa shape index (κ3) is 4.77. The number of benzene rings is 3. The second kappa shape index (κ2) is 9.50. The number of Topliss-reactive ketones (excluding diaryl/α,β-unsaturated/α-hetero) is 1. The van der Waals surface area contributed by atoms with Crippen LogP contribution in [0.3, 0.4) is 0 Å². The van der Waals surface area contributed by atoms with E-state index in [0.717, 1.165) is 39.1 Å². The summed E-state index contributed by atoms with van der Waals surface area (Å²) in [4.78, 5) is 13.4. The van der Waals surface area contributed by atoms with Gasteiger partial charge in [0.2, 0.25) is 0 Å². The lowest BCUT2D eigenvalue weighted by Gasteiger charge is -2.24. The minimum atomic E-state index is -4.11. The number of aryl methyl sites for hydroxylation is 3. The van der Waals surface area contributed by atoms with E-state index >= 15 is 0 Å². The molecule has 0 aliphatic rings. The highest BCUT2D eigenvalue weighted by atomic mass is 32.2. The van der Waals surface area contributed by atoms with E-state index in [2.05, 4.69) is 6.07 Å². The number of anilines is 1. The van der Waals surface area contributed by atoms with Gasteiger partial charge >= 0.3 is 0 Å². The van der Waals surface area contributed by atoms with Gasteiger partial charge in [-0.05, 0) is 93.4 Å². The zero-order valence-electron chi connectivity index (χ0n) is 20.1. The molecule has 35 heavy (non-hydrogen) atoms. The van der Waals surface area contributed by atoms with Gasteiger partial charge in [-0.2, -0.15) is 0 Å². The molecule has 0 atom stereocenters. The highest BCUT2D eigenvalue weighted by Crippen LogP contribution is 2.27. The van der Waals surface area contributed by atoms with Crippen molar-refractivity contribution < 1.29 is 17.6 Å². The van der Waals surface area contributed by atoms with Crippen molar-refractivity contribution in [1.82, 2.24) is 4.57 Å². The molecule has 7 heteroatoms. The average molecular weight is 491 g/mol. The molecule has 180 valence electrons. The fourth-order valence-corrected chi connectivity index (χ4v) is 5.59. The molecular formula is C28H27FN2O3S. The Bertz CT molecular complexity index is 1490. The summed E-state index contributed by atoms with van der Waals surface area (Å²) in [6.07, 6.45) is 0. The van der Waals surface area contributed by atoms with E-state index in [-0.39, 0.29) is 17.2 Å². The van der Waals surface area contributed by atoms with Crippen LogP contribution in [0.15, 0.2) is 83.8 Å². The van der Waals surface area contributed by atoms with Crippen molar-refractivity contribution in [1.29, 1.82) is 0 Å². The average Bonchev–Trinajstić information content (AvgIpc) is 3.13. The van der Waals surface area contributed by atoms with E-state index < -0.39 is 15.8 Å². The molecule has 0 fully saturated rings. The summed E-state index contributed by atoms with van der Waals surface area (Å²) in [5, 5.41) is 0. The number of hydrogen-bond donors (Lipinski definition) is 0. The summed E-state index contributed by atoms with van der Waals surface area (Å²) in [5.74, 6) is -0.868. The van der Waals surface area contributed by atoms with Crippen molar-refractivity contribution in [2.24, 2.45) is 0 Å². The number of ketones is 1. The predicted octanol–water partition coefficient (Wildman–Crippen LogP) is 5.93. The van der Waals surface area contributed by atoms with E-state index in [9.17, 15) is 17.6 Å². The minimum Gasteiger partial charge on any atom is -0.318 e. The first-order chi connectivity index (χ1) is 16.6. The maximum atomic E-state index is 13.5. The number of para-hydroxylation sites is 1. The van der Waals surface area contributed by atoms with Gasteiger partial charge in [-0.1, -0.05) is 24.3 Å². The molecule has 0 amide bonds. The van der Waals surface area contributed by atoms with Crippen LogP contribution >= 0.6 is 0 Å². The van der Waals surface area contributed by atoms with Crippen molar-refractivity contribution in [3.63, 3.8) is 0 Å². The number of sulfonamides is 1. The summed E-state index contributed by atoms with van der Waals surface area (Å²) < 4.78 is 43.5. The second-order valence-electron chi connectivity index (χ2n) is 8.61. The molecule has 0 aliphatic heterocycles. The van der Waals surface area contributed by atoms with Crippen LogP contribution in [-0.4, -0.2) is 25.3 Å². The number of rotatable bonds is 7. The summed E-state index contributed by atoms with van der Waals surface area (Å²) in [7, 11) is -4.11. The zero-order valence-corrected chi connectivity index (χ0v) is 20.9. The van der Waals surface area contributed by atoms with E-state index in [0.29, 0.717) is 11.3 Å². The SMILES string of the molecule is Cc1ccc(-n2c(C)cc(C(=O)CN(c3ccccc3)S(=O)(=O)c3ccc(F)cc3)c2C)cc1C. The maximum Gasteiger partial charge on any atom is 0.264 e. The van der Waals surface area contributed by atoms with Crippen LogP contribution in [0, 0.1) is 33.5 Å². The van der Waals surface area contributed by atoms with Gasteiger partial charge in [0, 0.05) is 22.6 Å². The molecule has 1 heterocycles. The van der Waals surface area contributed by atoms with E-state index in [1.54, 1.807) is 36.4 Å². The van der Waals surface area contributed by atoms with Crippen LogP contribution < -0.4 is 4.31 Å². The zero-order chi connectivity index (χ0) is 25.3. The van der Waals surface area contributed by atoms with Crippen molar-refractivity contribution in [3.05, 3.63) is 113 Å². The van der Waals surface area contributed by atoms with Crippen LogP contribution in [0.5, 0.6) is 0 Å². The molecule has 4 rings (SSSR count). The monoisotopic (exact) mass is 490 g/mol. The molecule has 0 bridgehead atoms. The van der Waals surface area contributed by atoms with E-state index in [4.69, 9.17) is 0 Å². The number of hydrogen-bond acceptors (Lipinski definition) is 3. The van der Waals surface area contributed by atoms with Crippen LogP contribution in [-0.2, 0) is 10.0 Å². The van der Waals surface area contributed by atoms with Gasteiger partial charge in [-0.25, -0.2) is 12.8 Å². The third-order valence-corrected chi connectivity index (χ3v) is 8.00. The number of nitrogens with zero attached hydrogens (tertiary/aromatic N) is 2. The number of aromatic nitrogens is 1. The highest BCUT2D eigenvalue weighted by Gasteiger charge is 2.29. The van der Waals surface area contributed by atoms with Crippen molar-refractivity contribution in [2.75, 3.05) is 10.8 Å². The Labute approximate surface area is 205 Å². The molecule has 0 aliphatic carbocycles. The summed E-state index contributed by atoms with van der Waals surface area (Å²) in [6.45, 7) is 7.47. The number of carbonyl (C=O) groups excluding carboxylic acids is 1. The Morgan fingerprint density at radius 1 is 0.857 bits per heavy atom. The molecule has 0 radical (unpaired) electrons. The lowest BCUT2D eigenvalue weighted by Crippen LogP contribution is -2.36. The summed E-state index contributed by atoms with van der Waals surface area (Å²) in [5.41, 5.74) is 5.69. The Hall–Kier alpha value is -3.71. The van der Waals surface area contributed by atoms with Gasteiger partial charge in [0.1, 0.15) is 5.82 Å². The first-order valence-corrected chi connectivity index (χ1v) is 12.7. The fourth-order valence-electron chi connectivity index (χ4n) is 4.17. The molecule has 0 saturated heterocycles. The third-order valence-electron chi connectivity index (χ3n) is 6.21. The Kier molecular flexibility index (Phi) is 6.63. The first-order valence-electron chi connectivity index (χ1n) is 11.2. The summed E-state index contributed by atoms with van der Waals surface area (Å²) in [6, 6.07) is 20.9. The van der Waals surface area contributed by atoms with Gasteiger partial charge in [-0.15, -0.1) is 0 Å². The fraction of sp³-hybridized carbons (Fsp3) is 0.179. The van der Waals surface area contributed by atoms with Gasteiger partial charge in [0.05, 0.1) is 17.1 Å². The number of carbonyl (C=O) groups is 1. The normalized spacial score (nSPS) is 11.5. The second-order valence-corrected chi connectivity index (χ2v) is 10.5. The molecule has 0 saturated carbocycles. The predicted molar refractivity (Wildman–Crippen MR) is 136 cm³/mol. The molecule has 4 aromatic rings. The molecule has 1 aromatic heterocycles. The lowest BCUT2D eigenvalue weighted by atomic mass is 10.1. The van der Waals surface area contributed by atoms with Crippen LogP contribution in [0.2, 0.25) is 0 Å². The molecular weight excluding hydrogens is 463 g/mol. The van der Waals surface area contributed by atoms with Crippen LogP contribution in [0.1, 0.15) is 32.9 Å². The highest BCUT2D eigenvalue weighted by molar-refractivity contribution is 7.92. The van der Waals surface area contributed by atoms with Gasteiger partial charge in [0.15, 0.2) is 5.78 Å². The quantitative estimate of drug-likeness (QED) is 0.302. The maximum absolute atomic E-state index is 13.5. The van der Waals surface area contributed by atoms with Crippen molar-refractivity contribution in [3.8, 4) is 5.69 Å². The van der Waals surface area contributed by atoms with Gasteiger partial charge < -0.3 is 4.57 Å².